The van der Waals surface area contributed by atoms with E-state index in [1.165, 1.54) is 12.1 Å². The van der Waals surface area contributed by atoms with Crippen molar-refractivity contribution < 1.29 is 13.9 Å². The summed E-state index contributed by atoms with van der Waals surface area (Å²) in [7, 11) is 0. The molecule has 0 aliphatic carbocycles. The number of benzene rings is 2. The maximum atomic E-state index is 13.0. The molecule has 0 bridgehead atoms. The zero-order valence-corrected chi connectivity index (χ0v) is 17.3. The normalized spacial score (nSPS) is 14.7. The minimum absolute atomic E-state index is 0.0000510. The Morgan fingerprint density at radius 1 is 1.11 bits per heavy atom. The maximum absolute atomic E-state index is 13.0. The van der Waals surface area contributed by atoms with Gasteiger partial charge in [-0.1, -0.05) is 22.0 Å². The van der Waals surface area contributed by atoms with Gasteiger partial charge in [-0.15, -0.1) is 0 Å². The van der Waals surface area contributed by atoms with Crippen LogP contribution in [0.5, 0.6) is 5.75 Å². The van der Waals surface area contributed by atoms with Crippen LogP contribution >= 0.6 is 15.9 Å². The lowest BCUT2D eigenvalue weighted by Crippen LogP contribution is -2.48. The fourth-order valence-corrected chi connectivity index (χ4v) is 3.52. The molecule has 0 atom stereocenters. The largest absolute Gasteiger partial charge is 0.493 e. The highest BCUT2D eigenvalue weighted by Crippen LogP contribution is 2.18. The first kappa shape index (κ1) is 20.6. The van der Waals surface area contributed by atoms with E-state index in [0.717, 1.165) is 48.6 Å². The van der Waals surface area contributed by atoms with Crippen molar-refractivity contribution >= 4 is 27.5 Å². The van der Waals surface area contributed by atoms with Crippen molar-refractivity contribution in [2.45, 2.75) is 6.42 Å². The average molecular weight is 450 g/mol. The Morgan fingerprint density at radius 3 is 2.57 bits per heavy atom. The third-order valence-electron chi connectivity index (χ3n) is 4.71. The molecule has 1 saturated heterocycles. The zero-order chi connectivity index (χ0) is 19.8. The van der Waals surface area contributed by atoms with Crippen LogP contribution in [-0.4, -0.2) is 56.7 Å². The lowest BCUT2D eigenvalue weighted by Gasteiger charge is -2.36. The van der Waals surface area contributed by atoms with Crippen LogP contribution in [-0.2, 0) is 4.79 Å². The molecule has 1 aliphatic heterocycles. The number of piperazine rings is 1. The number of hydrogen-bond acceptors (Lipinski definition) is 4. The molecule has 1 heterocycles. The Balaban J connectivity index is 1.28. The van der Waals surface area contributed by atoms with E-state index in [1.807, 2.05) is 36.4 Å². The van der Waals surface area contributed by atoms with Crippen LogP contribution in [0, 0.1) is 5.82 Å². The molecule has 7 heteroatoms. The van der Waals surface area contributed by atoms with Crippen LogP contribution in [0.2, 0.25) is 0 Å². The summed E-state index contributed by atoms with van der Waals surface area (Å²) >= 11 is 3.39. The summed E-state index contributed by atoms with van der Waals surface area (Å²) in [4.78, 5) is 16.5. The second-order valence-corrected chi connectivity index (χ2v) is 7.63. The molecule has 1 aliphatic rings. The Hall–Kier alpha value is -2.12. The number of hydrogen-bond donors (Lipinski definition) is 1. The summed E-state index contributed by atoms with van der Waals surface area (Å²) < 4.78 is 19.6. The Kier molecular flexibility index (Phi) is 7.68. The van der Waals surface area contributed by atoms with Crippen molar-refractivity contribution in [3.8, 4) is 5.75 Å². The van der Waals surface area contributed by atoms with Crippen molar-refractivity contribution in [1.29, 1.82) is 0 Å². The number of carbonyl (C=O) groups is 1. The first-order valence-corrected chi connectivity index (χ1v) is 10.3. The molecule has 0 unspecified atom stereocenters. The van der Waals surface area contributed by atoms with Gasteiger partial charge in [0.2, 0.25) is 5.91 Å². The van der Waals surface area contributed by atoms with Gasteiger partial charge in [-0.3, -0.25) is 9.69 Å². The molecule has 2 aromatic carbocycles. The SMILES string of the molecule is O=C(CCOc1cccc(Br)c1)NCCN1CCN(c2ccc(F)cc2)CC1. The van der Waals surface area contributed by atoms with Gasteiger partial charge in [0.05, 0.1) is 13.0 Å². The molecule has 1 amide bonds. The Bertz CT molecular complexity index is 765. The van der Waals surface area contributed by atoms with Crippen LogP contribution < -0.4 is 15.0 Å². The minimum Gasteiger partial charge on any atom is -0.493 e. The molecule has 1 fully saturated rings. The number of carbonyl (C=O) groups excluding carboxylic acids is 1. The molecule has 28 heavy (non-hydrogen) atoms. The smallest absolute Gasteiger partial charge is 0.223 e. The molecule has 3 rings (SSSR count). The van der Waals surface area contributed by atoms with Crippen LogP contribution in [0.25, 0.3) is 0 Å². The molecule has 0 radical (unpaired) electrons. The highest BCUT2D eigenvalue weighted by Gasteiger charge is 2.17. The standard InChI is InChI=1S/C21H25BrFN3O2/c22-17-2-1-3-20(16-17)28-15-8-21(27)24-9-10-25-11-13-26(14-12-25)19-6-4-18(23)5-7-19/h1-7,16H,8-15H2,(H,24,27). The van der Waals surface area contributed by atoms with Crippen molar-refractivity contribution in [2.24, 2.45) is 0 Å². The fraction of sp³-hybridized carbons (Fsp3) is 0.381. The van der Waals surface area contributed by atoms with Crippen molar-refractivity contribution in [1.82, 2.24) is 10.2 Å². The van der Waals surface area contributed by atoms with Crippen LogP contribution in [0.3, 0.4) is 0 Å². The van der Waals surface area contributed by atoms with E-state index < -0.39 is 0 Å². The molecule has 0 spiro atoms. The summed E-state index contributed by atoms with van der Waals surface area (Å²) in [6, 6.07) is 14.2. The quantitative estimate of drug-likeness (QED) is 0.671. The highest BCUT2D eigenvalue weighted by atomic mass is 79.9. The van der Waals surface area contributed by atoms with Crippen LogP contribution in [0.15, 0.2) is 53.0 Å². The summed E-state index contributed by atoms with van der Waals surface area (Å²) in [6.07, 6.45) is 0.338. The van der Waals surface area contributed by atoms with E-state index in [4.69, 9.17) is 4.74 Å². The summed E-state index contributed by atoms with van der Waals surface area (Å²) in [6.45, 7) is 5.49. The molecular formula is C21H25BrFN3O2. The molecule has 0 aromatic heterocycles. The van der Waals surface area contributed by atoms with Crippen molar-refractivity contribution in [3.63, 3.8) is 0 Å². The van der Waals surface area contributed by atoms with Gasteiger partial charge >= 0.3 is 0 Å². The first-order valence-electron chi connectivity index (χ1n) is 9.48. The van der Waals surface area contributed by atoms with E-state index in [0.29, 0.717) is 19.6 Å². The third-order valence-corrected chi connectivity index (χ3v) is 5.20. The van der Waals surface area contributed by atoms with Gasteiger partial charge in [0.15, 0.2) is 0 Å². The molecular weight excluding hydrogens is 425 g/mol. The highest BCUT2D eigenvalue weighted by molar-refractivity contribution is 9.10. The second-order valence-electron chi connectivity index (χ2n) is 6.71. The molecule has 0 saturated carbocycles. The number of ether oxygens (including phenoxy) is 1. The number of nitrogens with one attached hydrogen (secondary N) is 1. The van der Waals surface area contributed by atoms with E-state index in [9.17, 15) is 9.18 Å². The van der Waals surface area contributed by atoms with Crippen molar-refractivity contribution in [3.05, 3.63) is 58.8 Å². The van der Waals surface area contributed by atoms with Gasteiger partial charge < -0.3 is 15.0 Å². The number of rotatable bonds is 8. The molecule has 5 nitrogen and oxygen atoms in total. The number of halogens is 2. The molecule has 2 aromatic rings. The lowest BCUT2D eigenvalue weighted by atomic mass is 10.2. The van der Waals surface area contributed by atoms with Gasteiger partial charge in [0.1, 0.15) is 11.6 Å². The van der Waals surface area contributed by atoms with Gasteiger partial charge in [-0.05, 0) is 42.5 Å². The number of amides is 1. The molecule has 150 valence electrons. The maximum Gasteiger partial charge on any atom is 0.223 e. The number of nitrogens with zero attached hydrogens (tertiary/aromatic N) is 2. The predicted octanol–water partition coefficient (Wildman–Crippen LogP) is 3.30. The predicted molar refractivity (Wildman–Crippen MR) is 112 cm³/mol. The minimum atomic E-state index is -0.208. The summed E-state index contributed by atoms with van der Waals surface area (Å²) in [5.74, 6) is 0.543. The number of anilines is 1. The van der Waals surface area contributed by atoms with Gasteiger partial charge in [0.25, 0.3) is 0 Å². The van der Waals surface area contributed by atoms with E-state index in [1.54, 1.807) is 0 Å². The lowest BCUT2D eigenvalue weighted by molar-refractivity contribution is -0.121. The molecule has 1 N–H and O–H groups in total. The van der Waals surface area contributed by atoms with Gasteiger partial charge in [-0.25, -0.2) is 4.39 Å². The van der Waals surface area contributed by atoms with E-state index in [-0.39, 0.29) is 11.7 Å². The second kappa shape index (κ2) is 10.4. The third kappa shape index (κ3) is 6.49. The monoisotopic (exact) mass is 449 g/mol. The summed E-state index contributed by atoms with van der Waals surface area (Å²) in [5, 5.41) is 2.95. The van der Waals surface area contributed by atoms with E-state index >= 15 is 0 Å². The average Bonchev–Trinajstić information content (AvgIpc) is 2.69. The topological polar surface area (TPSA) is 44.8 Å². The van der Waals surface area contributed by atoms with E-state index in [2.05, 4.69) is 31.0 Å². The van der Waals surface area contributed by atoms with Gasteiger partial charge in [-0.2, -0.15) is 0 Å². The zero-order valence-electron chi connectivity index (χ0n) is 15.7. The fourth-order valence-electron chi connectivity index (χ4n) is 3.14. The Labute approximate surface area is 173 Å². The first-order chi connectivity index (χ1) is 13.6. The Morgan fingerprint density at radius 2 is 1.86 bits per heavy atom. The van der Waals surface area contributed by atoms with Crippen molar-refractivity contribution in [2.75, 3.05) is 50.8 Å². The van der Waals surface area contributed by atoms with Crippen LogP contribution in [0.1, 0.15) is 6.42 Å². The summed E-state index contributed by atoms with van der Waals surface area (Å²) in [5.41, 5.74) is 1.06. The van der Waals surface area contributed by atoms with Crippen LogP contribution in [0.4, 0.5) is 10.1 Å². The van der Waals surface area contributed by atoms with Gasteiger partial charge in [0, 0.05) is 49.4 Å².